The molecule has 7 rings (SSSR count). The molecule has 226 valence electrons. The quantitative estimate of drug-likeness (QED) is 0.215. The zero-order valence-electron chi connectivity index (χ0n) is 25.0. The van der Waals surface area contributed by atoms with E-state index >= 15 is 0 Å². The first-order valence-electron chi connectivity index (χ1n) is 14.7. The summed E-state index contributed by atoms with van der Waals surface area (Å²) < 4.78 is 25.0. The van der Waals surface area contributed by atoms with Crippen molar-refractivity contribution in [1.29, 1.82) is 0 Å². The first kappa shape index (κ1) is 28.6. The molecule has 9 heteroatoms. The third kappa shape index (κ3) is 5.09. The maximum atomic E-state index is 14.2. The number of thiazole rings is 1. The Morgan fingerprint density at radius 2 is 1.89 bits per heavy atom. The van der Waals surface area contributed by atoms with E-state index in [2.05, 4.69) is 18.2 Å². The van der Waals surface area contributed by atoms with Crippen LogP contribution in [0.1, 0.15) is 52.2 Å². The van der Waals surface area contributed by atoms with E-state index in [4.69, 9.17) is 23.6 Å². The number of carbonyl (C=O) groups excluding carboxylic acids is 1. The van der Waals surface area contributed by atoms with Gasteiger partial charge >= 0.3 is 5.97 Å². The number of rotatable bonds is 7. The van der Waals surface area contributed by atoms with Gasteiger partial charge in [0.1, 0.15) is 23.0 Å². The number of esters is 1. The van der Waals surface area contributed by atoms with E-state index in [9.17, 15) is 9.59 Å². The van der Waals surface area contributed by atoms with Crippen LogP contribution in [0, 0.1) is 0 Å². The summed E-state index contributed by atoms with van der Waals surface area (Å²) in [5, 5.41) is 0. The highest BCUT2D eigenvalue weighted by Gasteiger charge is 2.34. The first-order valence-corrected chi connectivity index (χ1v) is 15.5. The van der Waals surface area contributed by atoms with Crippen molar-refractivity contribution in [3.8, 4) is 22.8 Å². The highest BCUT2D eigenvalue weighted by atomic mass is 32.1. The van der Waals surface area contributed by atoms with Crippen LogP contribution >= 0.6 is 11.3 Å². The number of benzene rings is 3. The van der Waals surface area contributed by atoms with Crippen molar-refractivity contribution in [1.82, 2.24) is 4.57 Å². The molecule has 8 nitrogen and oxygen atoms in total. The van der Waals surface area contributed by atoms with Crippen molar-refractivity contribution in [3.05, 3.63) is 132 Å². The Hall–Kier alpha value is -5.15. The average molecular weight is 619 g/mol. The fourth-order valence-corrected chi connectivity index (χ4v) is 7.06. The summed E-state index contributed by atoms with van der Waals surface area (Å²) >= 11 is 1.33. The topological polar surface area (TPSA) is 92.3 Å². The monoisotopic (exact) mass is 618 g/mol. The molecule has 2 aliphatic rings. The molecule has 0 fully saturated rings. The van der Waals surface area contributed by atoms with E-state index in [1.54, 1.807) is 50.0 Å². The van der Waals surface area contributed by atoms with Crippen LogP contribution in [0.15, 0.2) is 98.6 Å². The summed E-state index contributed by atoms with van der Waals surface area (Å²) in [6, 6.07) is 24.3. The summed E-state index contributed by atoms with van der Waals surface area (Å²) in [7, 11) is 3.26. The zero-order valence-corrected chi connectivity index (χ0v) is 25.9. The van der Waals surface area contributed by atoms with Crippen molar-refractivity contribution >= 4 is 29.1 Å². The van der Waals surface area contributed by atoms with Crippen LogP contribution in [-0.2, 0) is 11.2 Å². The van der Waals surface area contributed by atoms with Gasteiger partial charge in [-0.2, -0.15) is 0 Å². The number of fused-ring (bicyclic) bond motifs is 3. The third-order valence-corrected chi connectivity index (χ3v) is 9.15. The van der Waals surface area contributed by atoms with E-state index in [1.165, 1.54) is 16.9 Å². The first-order chi connectivity index (χ1) is 22.0. The van der Waals surface area contributed by atoms with E-state index < -0.39 is 6.04 Å². The number of furan rings is 1. The molecule has 0 unspecified atom stereocenters. The minimum Gasteiger partial charge on any atom is -0.497 e. The molecule has 3 aromatic carbocycles. The zero-order chi connectivity index (χ0) is 31.1. The van der Waals surface area contributed by atoms with Gasteiger partial charge in [0.05, 0.1) is 42.7 Å². The van der Waals surface area contributed by atoms with Gasteiger partial charge in [-0.3, -0.25) is 9.36 Å². The molecule has 3 heterocycles. The molecule has 0 radical (unpaired) electrons. The van der Waals surface area contributed by atoms with Gasteiger partial charge in [0.15, 0.2) is 4.80 Å². The highest BCUT2D eigenvalue weighted by Crippen LogP contribution is 2.44. The number of ether oxygens (including phenoxy) is 3. The number of aromatic nitrogens is 1. The number of methoxy groups -OCH3 is 2. The molecule has 1 aliphatic carbocycles. The highest BCUT2D eigenvalue weighted by molar-refractivity contribution is 7.07. The molecule has 2 aromatic heterocycles. The maximum Gasteiger partial charge on any atom is 0.338 e. The van der Waals surface area contributed by atoms with Crippen LogP contribution in [0.2, 0.25) is 0 Å². The minimum atomic E-state index is -0.422. The number of aryl methyl sites for hydroxylation is 1. The van der Waals surface area contributed by atoms with Crippen molar-refractivity contribution in [2.24, 2.45) is 4.99 Å². The Morgan fingerprint density at radius 3 is 2.71 bits per heavy atom. The van der Waals surface area contributed by atoms with Gasteiger partial charge in [-0.1, -0.05) is 47.7 Å². The van der Waals surface area contributed by atoms with Crippen molar-refractivity contribution < 1.29 is 23.4 Å². The fraction of sp³-hybridized carbons (Fsp3) is 0.194. The standard InChI is InChI=1S/C36H30N2O6S/c1-4-43-35(40)23-10-7-9-22(18-23)29-16-14-25(44-29)20-31-34(39)38-33(28-19-24(41-2)13-17-30(28)42-3)27-15-12-21-8-5-6-11-26(21)32(27)37-36(38)45-31/h5-11,13-14,16-20,33H,4,12,15H2,1-3H3/t33-/m0/s1. The van der Waals surface area contributed by atoms with Crippen LogP contribution in [0.3, 0.4) is 0 Å². The van der Waals surface area contributed by atoms with Crippen molar-refractivity contribution in [2.75, 3.05) is 20.8 Å². The van der Waals surface area contributed by atoms with Gasteiger partial charge < -0.3 is 18.6 Å². The van der Waals surface area contributed by atoms with Crippen LogP contribution in [0.25, 0.3) is 23.1 Å². The Kier molecular flexibility index (Phi) is 7.47. The van der Waals surface area contributed by atoms with Gasteiger partial charge in [-0.05, 0) is 73.4 Å². The molecule has 0 saturated carbocycles. The maximum absolute atomic E-state index is 14.2. The smallest absolute Gasteiger partial charge is 0.338 e. The second kappa shape index (κ2) is 11.7. The van der Waals surface area contributed by atoms with Crippen molar-refractivity contribution in [3.63, 3.8) is 0 Å². The van der Waals surface area contributed by atoms with Gasteiger partial charge in [0.2, 0.25) is 0 Å². The second-order valence-electron chi connectivity index (χ2n) is 10.7. The lowest BCUT2D eigenvalue weighted by Crippen LogP contribution is -2.39. The summed E-state index contributed by atoms with van der Waals surface area (Å²) in [5.74, 6) is 2.05. The lowest BCUT2D eigenvalue weighted by atomic mass is 9.83. The molecule has 1 atom stereocenters. The molecule has 0 saturated heterocycles. The van der Waals surface area contributed by atoms with E-state index in [0.717, 1.165) is 40.8 Å². The van der Waals surface area contributed by atoms with Gasteiger partial charge in [0.25, 0.3) is 5.56 Å². The van der Waals surface area contributed by atoms with E-state index in [-0.39, 0.29) is 11.5 Å². The van der Waals surface area contributed by atoms with Gasteiger partial charge in [-0.25, -0.2) is 9.79 Å². The molecule has 45 heavy (non-hydrogen) atoms. The lowest BCUT2D eigenvalue weighted by Gasteiger charge is -2.31. The lowest BCUT2D eigenvalue weighted by molar-refractivity contribution is 0.0526. The normalized spacial score (nSPS) is 15.5. The van der Waals surface area contributed by atoms with E-state index in [0.29, 0.717) is 44.5 Å². The molecule has 0 bridgehead atoms. The fourth-order valence-electron chi connectivity index (χ4n) is 6.08. The molecule has 0 N–H and O–H groups in total. The van der Waals surface area contributed by atoms with Crippen LogP contribution in [-0.4, -0.2) is 31.4 Å². The van der Waals surface area contributed by atoms with Gasteiger partial charge in [-0.15, -0.1) is 0 Å². The van der Waals surface area contributed by atoms with E-state index in [1.807, 2.05) is 42.5 Å². The predicted molar refractivity (Wildman–Crippen MR) is 172 cm³/mol. The SMILES string of the molecule is CCOC(=O)c1cccc(-c2ccc(C=c3sc4n(c3=O)[C@H](c3cc(OC)ccc3OC)C3=C(N=4)c4ccccc4CC3)o2)c1. The molecule has 1 aliphatic heterocycles. The molecule has 0 spiro atoms. The second-order valence-corrected chi connectivity index (χ2v) is 11.7. The van der Waals surface area contributed by atoms with Crippen LogP contribution in [0.5, 0.6) is 11.5 Å². The molecular weight excluding hydrogens is 588 g/mol. The van der Waals surface area contributed by atoms with Crippen LogP contribution in [0.4, 0.5) is 0 Å². The summed E-state index contributed by atoms with van der Waals surface area (Å²) in [6.45, 7) is 2.07. The predicted octanol–water partition coefficient (Wildman–Crippen LogP) is 5.77. The molecular formula is C36H30N2O6S. The molecule has 5 aromatic rings. The summed E-state index contributed by atoms with van der Waals surface area (Å²) in [4.78, 5) is 32.2. The van der Waals surface area contributed by atoms with Crippen LogP contribution < -0.4 is 24.4 Å². The minimum absolute atomic E-state index is 0.165. The average Bonchev–Trinajstić information content (AvgIpc) is 3.67. The Balaban J connectivity index is 1.37. The number of allylic oxidation sites excluding steroid dienone is 1. The Morgan fingerprint density at radius 1 is 1.02 bits per heavy atom. The third-order valence-electron chi connectivity index (χ3n) is 8.16. The number of hydrogen-bond donors (Lipinski definition) is 0. The number of nitrogens with zero attached hydrogens (tertiary/aromatic N) is 2. The Labute approximate surface area is 263 Å². The summed E-state index contributed by atoms with van der Waals surface area (Å²) in [5.41, 5.74) is 6.16. The molecule has 0 amide bonds. The van der Waals surface area contributed by atoms with Gasteiger partial charge in [0, 0.05) is 22.8 Å². The number of carbonyl (C=O) groups is 1. The number of hydrogen-bond acceptors (Lipinski definition) is 8. The van der Waals surface area contributed by atoms with Crippen molar-refractivity contribution in [2.45, 2.75) is 25.8 Å². The Bertz CT molecular complexity index is 2170. The summed E-state index contributed by atoms with van der Waals surface area (Å²) in [6.07, 6.45) is 3.36. The largest absolute Gasteiger partial charge is 0.497 e.